The lowest BCUT2D eigenvalue weighted by Crippen LogP contribution is -2.49. The maximum Gasteiger partial charge on any atom is 0.340 e. The van der Waals surface area contributed by atoms with E-state index in [0.29, 0.717) is 30.0 Å². The molecule has 7 nitrogen and oxygen atoms in total. The number of methoxy groups -OCH3 is 1. The zero-order chi connectivity index (χ0) is 22.7. The number of nitrogens with zero attached hydrogens (tertiary/aromatic N) is 3. The Morgan fingerprint density at radius 1 is 1.16 bits per heavy atom. The van der Waals surface area contributed by atoms with E-state index in [9.17, 15) is 9.59 Å². The molecule has 0 aliphatic carbocycles. The van der Waals surface area contributed by atoms with Crippen molar-refractivity contribution >= 4 is 16.9 Å². The third-order valence-electron chi connectivity index (χ3n) is 6.17. The first-order valence-corrected chi connectivity index (χ1v) is 11.0. The van der Waals surface area contributed by atoms with Crippen LogP contribution in [0.25, 0.3) is 11.0 Å². The second-order valence-corrected chi connectivity index (χ2v) is 8.30. The van der Waals surface area contributed by atoms with Gasteiger partial charge in [-0.3, -0.25) is 14.7 Å². The summed E-state index contributed by atoms with van der Waals surface area (Å²) in [6.07, 6.45) is 2.75. The van der Waals surface area contributed by atoms with E-state index >= 15 is 0 Å². The Balaban J connectivity index is 1.42. The average molecular weight is 436 g/mol. The summed E-state index contributed by atoms with van der Waals surface area (Å²) in [5.41, 5.74) is 3.21. The fourth-order valence-electron chi connectivity index (χ4n) is 4.30. The maximum atomic E-state index is 13.0. The highest BCUT2D eigenvalue weighted by molar-refractivity contribution is 5.89. The number of ether oxygens (including phenoxy) is 1. The van der Waals surface area contributed by atoms with Crippen molar-refractivity contribution < 1.29 is 13.9 Å². The van der Waals surface area contributed by atoms with E-state index in [1.54, 1.807) is 7.11 Å². The van der Waals surface area contributed by atoms with E-state index in [1.165, 1.54) is 0 Å². The molecule has 1 aliphatic heterocycles. The quantitative estimate of drug-likeness (QED) is 0.554. The van der Waals surface area contributed by atoms with Gasteiger partial charge in [-0.25, -0.2) is 4.79 Å². The number of carbonyl (C=O) groups excluding carboxylic acids is 1. The van der Waals surface area contributed by atoms with Gasteiger partial charge in [0, 0.05) is 51.0 Å². The molecule has 0 N–H and O–H groups in total. The van der Waals surface area contributed by atoms with Gasteiger partial charge in [-0.1, -0.05) is 6.07 Å². The lowest BCUT2D eigenvalue weighted by Gasteiger charge is -2.34. The van der Waals surface area contributed by atoms with E-state index < -0.39 is 5.63 Å². The van der Waals surface area contributed by atoms with Crippen molar-refractivity contribution in [3.8, 4) is 5.75 Å². The fraction of sp³-hybridized carbons (Fsp3) is 0.400. The molecule has 4 rings (SSSR count). The van der Waals surface area contributed by atoms with Crippen LogP contribution in [0.5, 0.6) is 5.75 Å². The minimum Gasteiger partial charge on any atom is -0.496 e. The van der Waals surface area contributed by atoms with Crippen LogP contribution in [0.2, 0.25) is 0 Å². The summed E-state index contributed by atoms with van der Waals surface area (Å²) < 4.78 is 11.1. The van der Waals surface area contributed by atoms with Gasteiger partial charge in [0.25, 0.3) is 0 Å². The number of pyridine rings is 1. The molecule has 1 amide bonds. The highest BCUT2D eigenvalue weighted by Gasteiger charge is 2.24. The molecule has 0 bridgehead atoms. The van der Waals surface area contributed by atoms with E-state index in [-0.39, 0.29) is 12.3 Å². The minimum absolute atomic E-state index is 0.0368. The Kier molecular flexibility index (Phi) is 6.55. The summed E-state index contributed by atoms with van der Waals surface area (Å²) in [5, 5.41) is 0.750. The number of aryl methyl sites for hydroxylation is 2. The van der Waals surface area contributed by atoms with Gasteiger partial charge in [0.05, 0.1) is 24.5 Å². The summed E-state index contributed by atoms with van der Waals surface area (Å²) in [7, 11) is 1.59. The molecule has 0 atom stereocenters. The van der Waals surface area contributed by atoms with E-state index in [0.717, 1.165) is 48.3 Å². The van der Waals surface area contributed by atoms with Crippen LogP contribution in [-0.4, -0.2) is 60.5 Å². The maximum absolute atomic E-state index is 13.0. The van der Waals surface area contributed by atoms with Crippen molar-refractivity contribution in [3.05, 3.63) is 69.3 Å². The van der Waals surface area contributed by atoms with Crippen LogP contribution in [0, 0.1) is 13.8 Å². The summed E-state index contributed by atoms with van der Waals surface area (Å²) in [6, 6.07) is 9.69. The number of hydrogen-bond donors (Lipinski definition) is 0. The molecule has 1 fully saturated rings. The minimum atomic E-state index is -0.454. The van der Waals surface area contributed by atoms with Crippen molar-refractivity contribution in [1.29, 1.82) is 0 Å². The third-order valence-corrected chi connectivity index (χ3v) is 6.17. The second kappa shape index (κ2) is 9.53. The average Bonchev–Trinajstić information content (AvgIpc) is 2.80. The monoisotopic (exact) mass is 435 g/mol. The smallest absolute Gasteiger partial charge is 0.340 e. The SMILES string of the molecule is COc1cc(C)cc2oc(=O)c(CC(=O)N3CCN(CCc4ccccn4)CC3)c(C)c12. The molecule has 0 spiro atoms. The molecule has 0 unspecified atom stereocenters. The number of carbonyl (C=O) groups is 1. The zero-order valence-corrected chi connectivity index (χ0v) is 18.9. The number of amides is 1. The van der Waals surface area contributed by atoms with Gasteiger partial charge >= 0.3 is 5.63 Å². The van der Waals surface area contributed by atoms with Gasteiger partial charge in [0.15, 0.2) is 0 Å². The number of rotatable bonds is 6. The van der Waals surface area contributed by atoms with Crippen molar-refractivity contribution in [2.24, 2.45) is 0 Å². The fourth-order valence-corrected chi connectivity index (χ4v) is 4.30. The highest BCUT2D eigenvalue weighted by Crippen LogP contribution is 2.31. The number of fused-ring (bicyclic) bond motifs is 1. The van der Waals surface area contributed by atoms with Gasteiger partial charge in [0.1, 0.15) is 11.3 Å². The number of piperazine rings is 1. The number of aromatic nitrogens is 1. The van der Waals surface area contributed by atoms with Gasteiger partial charge < -0.3 is 14.1 Å². The Hall–Kier alpha value is -3.19. The van der Waals surface area contributed by atoms with Crippen LogP contribution in [0.1, 0.15) is 22.4 Å². The summed E-state index contributed by atoms with van der Waals surface area (Å²) in [4.78, 5) is 34.2. The van der Waals surface area contributed by atoms with E-state index in [2.05, 4.69) is 9.88 Å². The summed E-state index contributed by atoms with van der Waals surface area (Å²) in [5.74, 6) is 0.603. The molecule has 1 saturated heterocycles. The van der Waals surface area contributed by atoms with Crippen LogP contribution >= 0.6 is 0 Å². The molecule has 1 aromatic carbocycles. The van der Waals surface area contributed by atoms with Gasteiger partial charge in [0.2, 0.25) is 5.91 Å². The van der Waals surface area contributed by atoms with E-state index in [1.807, 2.05) is 55.3 Å². The van der Waals surface area contributed by atoms with Crippen LogP contribution in [0.15, 0.2) is 45.7 Å². The Bertz CT molecular complexity index is 1170. The standard InChI is InChI=1S/C25H29N3O4/c1-17-14-21(31-3)24-18(2)20(25(30)32-22(24)15-17)16-23(29)28-12-10-27(11-13-28)9-7-19-6-4-5-8-26-19/h4-6,8,14-15H,7,9-13,16H2,1-3H3. The van der Waals surface area contributed by atoms with Crippen molar-refractivity contribution in [2.45, 2.75) is 26.7 Å². The van der Waals surface area contributed by atoms with Crippen LogP contribution in [0.4, 0.5) is 0 Å². The largest absolute Gasteiger partial charge is 0.496 e. The topological polar surface area (TPSA) is 75.9 Å². The number of benzene rings is 1. The molecular formula is C25H29N3O4. The van der Waals surface area contributed by atoms with Crippen LogP contribution < -0.4 is 10.4 Å². The predicted octanol–water partition coefficient (Wildman–Crippen LogP) is 2.74. The molecular weight excluding hydrogens is 406 g/mol. The molecule has 168 valence electrons. The number of hydrogen-bond acceptors (Lipinski definition) is 6. The Labute approximate surface area is 187 Å². The van der Waals surface area contributed by atoms with Crippen molar-refractivity contribution in [2.75, 3.05) is 39.8 Å². The molecule has 3 aromatic rings. The van der Waals surface area contributed by atoms with E-state index in [4.69, 9.17) is 9.15 Å². The van der Waals surface area contributed by atoms with Crippen LogP contribution in [0.3, 0.4) is 0 Å². The molecule has 2 aromatic heterocycles. The molecule has 0 radical (unpaired) electrons. The first-order chi connectivity index (χ1) is 15.5. The first kappa shape index (κ1) is 22.0. The zero-order valence-electron chi connectivity index (χ0n) is 18.9. The van der Waals surface area contributed by atoms with Crippen LogP contribution in [-0.2, 0) is 17.6 Å². The molecule has 7 heteroatoms. The Morgan fingerprint density at radius 2 is 1.94 bits per heavy atom. The second-order valence-electron chi connectivity index (χ2n) is 8.30. The van der Waals surface area contributed by atoms with Crippen molar-refractivity contribution in [1.82, 2.24) is 14.8 Å². The normalized spacial score (nSPS) is 14.7. The lowest BCUT2D eigenvalue weighted by atomic mass is 10.0. The molecule has 0 saturated carbocycles. The first-order valence-electron chi connectivity index (χ1n) is 11.0. The molecule has 3 heterocycles. The summed E-state index contributed by atoms with van der Waals surface area (Å²) in [6.45, 7) is 7.64. The summed E-state index contributed by atoms with van der Waals surface area (Å²) >= 11 is 0. The van der Waals surface area contributed by atoms with Crippen molar-refractivity contribution in [3.63, 3.8) is 0 Å². The van der Waals surface area contributed by atoms with Gasteiger partial charge in [-0.05, 0) is 49.2 Å². The lowest BCUT2D eigenvalue weighted by molar-refractivity contribution is -0.132. The Morgan fingerprint density at radius 3 is 2.62 bits per heavy atom. The van der Waals surface area contributed by atoms with Gasteiger partial charge in [-0.15, -0.1) is 0 Å². The highest BCUT2D eigenvalue weighted by atomic mass is 16.5. The third kappa shape index (κ3) is 4.67. The predicted molar refractivity (Wildman–Crippen MR) is 123 cm³/mol. The van der Waals surface area contributed by atoms with Gasteiger partial charge in [-0.2, -0.15) is 0 Å². The molecule has 32 heavy (non-hydrogen) atoms. The molecule has 1 aliphatic rings.